The van der Waals surface area contributed by atoms with Crippen LogP contribution in [0.15, 0.2) is 63.0 Å². The van der Waals surface area contributed by atoms with Crippen LogP contribution in [0.3, 0.4) is 0 Å². The molecule has 0 fully saturated rings. The standard InChI is InChI=1S/C23H16BrCl2N3O4/c1-2-32-23(31)19-20(26)18(33-22(19)29-17-5-3-4-15(25)11-17)10-13(12-27)21(30)28-16-8-6-14(24)7-9-16/h3-11,29H,2H2,1H3,(H,28,30)/b13-10+. The summed E-state index contributed by atoms with van der Waals surface area (Å²) in [6, 6.07) is 15.4. The van der Waals surface area contributed by atoms with Gasteiger partial charge in [0, 0.05) is 26.9 Å². The van der Waals surface area contributed by atoms with Gasteiger partial charge in [0.15, 0.2) is 5.76 Å². The molecular weight excluding hydrogens is 533 g/mol. The van der Waals surface area contributed by atoms with Gasteiger partial charge >= 0.3 is 5.97 Å². The summed E-state index contributed by atoms with van der Waals surface area (Å²) in [6.45, 7) is 1.76. The predicted molar refractivity (Wildman–Crippen MR) is 131 cm³/mol. The average molecular weight is 549 g/mol. The van der Waals surface area contributed by atoms with Crippen molar-refractivity contribution in [3.8, 4) is 6.07 Å². The van der Waals surface area contributed by atoms with Crippen molar-refractivity contribution in [2.45, 2.75) is 6.92 Å². The second kappa shape index (κ2) is 11.1. The first-order valence-electron chi connectivity index (χ1n) is 9.53. The molecular formula is C23H16BrCl2N3O4. The maximum absolute atomic E-state index is 12.6. The number of carbonyl (C=O) groups excluding carboxylic acids is 2. The van der Waals surface area contributed by atoms with Crippen LogP contribution < -0.4 is 10.6 Å². The molecule has 0 saturated heterocycles. The number of esters is 1. The van der Waals surface area contributed by atoms with Crippen molar-refractivity contribution in [3.05, 3.63) is 79.9 Å². The van der Waals surface area contributed by atoms with Crippen molar-refractivity contribution in [2.75, 3.05) is 17.2 Å². The van der Waals surface area contributed by atoms with E-state index in [1.165, 1.54) is 0 Å². The first-order valence-corrected chi connectivity index (χ1v) is 11.1. The van der Waals surface area contributed by atoms with Gasteiger partial charge in [-0.15, -0.1) is 0 Å². The van der Waals surface area contributed by atoms with Gasteiger partial charge in [0.25, 0.3) is 5.91 Å². The van der Waals surface area contributed by atoms with E-state index < -0.39 is 11.9 Å². The van der Waals surface area contributed by atoms with E-state index >= 15 is 0 Å². The third kappa shape index (κ3) is 6.17. The molecule has 1 heterocycles. The molecule has 2 aromatic carbocycles. The molecule has 33 heavy (non-hydrogen) atoms. The van der Waals surface area contributed by atoms with Gasteiger partial charge in [0.1, 0.15) is 22.2 Å². The van der Waals surface area contributed by atoms with Gasteiger partial charge in [-0.05, 0) is 49.4 Å². The van der Waals surface area contributed by atoms with E-state index in [2.05, 4.69) is 26.6 Å². The van der Waals surface area contributed by atoms with Crippen LogP contribution in [0.25, 0.3) is 6.08 Å². The molecule has 1 amide bonds. The second-order valence-electron chi connectivity index (χ2n) is 6.47. The highest BCUT2D eigenvalue weighted by Gasteiger charge is 2.26. The van der Waals surface area contributed by atoms with Crippen molar-refractivity contribution in [1.82, 2.24) is 0 Å². The number of hydrogen-bond donors (Lipinski definition) is 2. The molecule has 0 saturated carbocycles. The number of anilines is 3. The number of rotatable bonds is 7. The number of carbonyl (C=O) groups is 2. The molecule has 1 aromatic heterocycles. The molecule has 3 rings (SSSR count). The molecule has 2 N–H and O–H groups in total. The van der Waals surface area contributed by atoms with Crippen molar-refractivity contribution in [3.63, 3.8) is 0 Å². The van der Waals surface area contributed by atoms with Gasteiger partial charge in [-0.1, -0.05) is 45.2 Å². The Balaban J connectivity index is 1.97. The Kier molecular flexibility index (Phi) is 8.17. The number of nitrogens with zero attached hydrogens (tertiary/aromatic N) is 1. The minimum Gasteiger partial charge on any atom is -0.462 e. The number of hydrogen-bond acceptors (Lipinski definition) is 6. The molecule has 168 valence electrons. The summed E-state index contributed by atoms with van der Waals surface area (Å²) >= 11 is 15.7. The summed E-state index contributed by atoms with van der Waals surface area (Å²) in [5, 5.41) is 15.4. The van der Waals surface area contributed by atoms with Crippen LogP contribution in [0.5, 0.6) is 0 Å². The lowest BCUT2D eigenvalue weighted by molar-refractivity contribution is -0.112. The summed E-state index contributed by atoms with van der Waals surface area (Å²) in [7, 11) is 0. The summed E-state index contributed by atoms with van der Waals surface area (Å²) in [5.74, 6) is -1.48. The normalized spacial score (nSPS) is 10.9. The Morgan fingerprint density at radius 1 is 1.18 bits per heavy atom. The second-order valence-corrected chi connectivity index (χ2v) is 8.20. The number of halogens is 3. The van der Waals surface area contributed by atoms with E-state index in [0.29, 0.717) is 16.4 Å². The maximum Gasteiger partial charge on any atom is 0.345 e. The van der Waals surface area contributed by atoms with Crippen LogP contribution in [0, 0.1) is 11.3 Å². The number of benzene rings is 2. The lowest BCUT2D eigenvalue weighted by Crippen LogP contribution is -2.13. The van der Waals surface area contributed by atoms with Crippen LogP contribution in [0.2, 0.25) is 10.0 Å². The zero-order valence-corrected chi connectivity index (χ0v) is 20.2. The maximum atomic E-state index is 12.6. The van der Waals surface area contributed by atoms with E-state index in [9.17, 15) is 14.9 Å². The van der Waals surface area contributed by atoms with E-state index in [0.717, 1.165) is 10.5 Å². The van der Waals surface area contributed by atoms with Crippen molar-refractivity contribution in [1.29, 1.82) is 5.26 Å². The number of furan rings is 1. The lowest BCUT2D eigenvalue weighted by atomic mass is 10.2. The Bertz CT molecular complexity index is 1260. The summed E-state index contributed by atoms with van der Waals surface area (Å²) in [4.78, 5) is 25.1. The minimum atomic E-state index is -0.728. The van der Waals surface area contributed by atoms with Gasteiger partial charge in [-0.3, -0.25) is 4.79 Å². The lowest BCUT2D eigenvalue weighted by Gasteiger charge is -2.06. The molecule has 0 unspecified atom stereocenters. The number of amides is 1. The van der Waals surface area contributed by atoms with Crippen LogP contribution >= 0.6 is 39.1 Å². The first kappa shape index (κ1) is 24.4. The minimum absolute atomic E-state index is 0.0161. The smallest absolute Gasteiger partial charge is 0.345 e. The average Bonchev–Trinajstić information content (AvgIpc) is 3.08. The number of ether oxygens (including phenoxy) is 1. The highest BCUT2D eigenvalue weighted by atomic mass is 79.9. The predicted octanol–water partition coefficient (Wildman–Crippen LogP) is 6.81. The number of nitrogens with one attached hydrogen (secondary N) is 2. The molecule has 0 aliphatic rings. The fraction of sp³-hybridized carbons (Fsp3) is 0.0870. The fourth-order valence-corrected chi connectivity index (χ4v) is 3.41. The quantitative estimate of drug-likeness (QED) is 0.191. The monoisotopic (exact) mass is 547 g/mol. The first-order chi connectivity index (χ1) is 15.8. The molecule has 0 aliphatic carbocycles. The SMILES string of the molecule is CCOC(=O)c1c(Nc2cccc(Cl)c2)oc(/C=C(\C#N)C(=O)Nc2ccc(Br)cc2)c1Cl. The summed E-state index contributed by atoms with van der Waals surface area (Å²) in [6.07, 6.45) is 1.16. The Hall–Kier alpha value is -3.25. The Morgan fingerprint density at radius 2 is 1.91 bits per heavy atom. The molecule has 10 heteroatoms. The highest BCUT2D eigenvalue weighted by molar-refractivity contribution is 9.10. The van der Waals surface area contributed by atoms with Crippen molar-refractivity contribution >= 4 is 74.3 Å². The van der Waals surface area contributed by atoms with Gasteiger partial charge in [-0.25, -0.2) is 4.79 Å². The van der Waals surface area contributed by atoms with Gasteiger partial charge < -0.3 is 19.8 Å². The molecule has 0 spiro atoms. The molecule has 3 aromatic rings. The van der Waals surface area contributed by atoms with E-state index in [1.54, 1.807) is 55.5 Å². The van der Waals surface area contributed by atoms with Gasteiger partial charge in [0.2, 0.25) is 5.88 Å². The van der Waals surface area contributed by atoms with Crippen LogP contribution in [0.4, 0.5) is 17.3 Å². The van der Waals surface area contributed by atoms with Crippen molar-refractivity contribution in [2.24, 2.45) is 0 Å². The fourth-order valence-electron chi connectivity index (χ4n) is 2.70. The third-order valence-corrected chi connectivity index (χ3v) is 5.32. The summed E-state index contributed by atoms with van der Waals surface area (Å²) < 4.78 is 11.6. The molecule has 7 nitrogen and oxygen atoms in total. The van der Waals surface area contributed by atoms with Gasteiger partial charge in [-0.2, -0.15) is 5.26 Å². The highest BCUT2D eigenvalue weighted by Crippen LogP contribution is 2.36. The Morgan fingerprint density at radius 3 is 2.55 bits per heavy atom. The van der Waals surface area contributed by atoms with Crippen LogP contribution in [0.1, 0.15) is 23.0 Å². The largest absolute Gasteiger partial charge is 0.462 e. The third-order valence-electron chi connectivity index (χ3n) is 4.18. The number of nitriles is 1. The molecule has 0 atom stereocenters. The zero-order valence-electron chi connectivity index (χ0n) is 17.1. The molecule has 0 radical (unpaired) electrons. The molecule has 0 aliphatic heterocycles. The van der Waals surface area contributed by atoms with Crippen LogP contribution in [-0.2, 0) is 9.53 Å². The Labute approximate surface area is 208 Å². The zero-order chi connectivity index (χ0) is 24.0. The van der Waals surface area contributed by atoms with Gasteiger partial charge in [0.05, 0.1) is 6.61 Å². The van der Waals surface area contributed by atoms with E-state index in [4.69, 9.17) is 32.4 Å². The van der Waals surface area contributed by atoms with Crippen molar-refractivity contribution < 1.29 is 18.7 Å². The summed E-state index contributed by atoms with van der Waals surface area (Å²) in [5.41, 5.74) is 0.668. The van der Waals surface area contributed by atoms with E-state index in [-0.39, 0.29) is 34.4 Å². The van der Waals surface area contributed by atoms with Crippen LogP contribution in [-0.4, -0.2) is 18.5 Å². The topological polar surface area (TPSA) is 104 Å². The van der Waals surface area contributed by atoms with E-state index in [1.807, 2.05) is 6.07 Å². The molecule has 0 bridgehead atoms.